The molecule has 0 aliphatic carbocycles. The molecular weight excluding hydrogens is 186 g/mol. The molecule has 0 fully saturated rings. The van der Waals surface area contributed by atoms with Gasteiger partial charge in [-0.3, -0.25) is 9.59 Å². The lowest BCUT2D eigenvalue weighted by Gasteiger charge is -2.21. The molecule has 0 radical (unpaired) electrons. The maximum absolute atomic E-state index is 11.3. The van der Waals surface area contributed by atoms with E-state index in [0.29, 0.717) is 0 Å². The zero-order valence-corrected chi connectivity index (χ0v) is 9.03. The van der Waals surface area contributed by atoms with E-state index in [1.54, 1.807) is 0 Å². The number of carbonyl (C=O) groups is 2. The molecule has 1 N–H and O–H groups in total. The molecule has 0 spiro atoms. The molecule has 0 aliphatic rings. The molecule has 0 bridgehead atoms. The van der Waals surface area contributed by atoms with Crippen molar-refractivity contribution in [1.29, 1.82) is 0 Å². The number of hydrogen-bond acceptors (Lipinski definition) is 3. The summed E-state index contributed by atoms with van der Waals surface area (Å²) in [6.07, 6.45) is 0. The number of ether oxygens (including phenoxy) is 1. The maximum Gasteiger partial charge on any atom is 0.323 e. The molecule has 0 saturated heterocycles. The van der Waals surface area contributed by atoms with Crippen LogP contribution in [0.2, 0.25) is 0 Å². The van der Waals surface area contributed by atoms with Gasteiger partial charge in [0.25, 0.3) is 0 Å². The van der Waals surface area contributed by atoms with Gasteiger partial charge < -0.3 is 14.7 Å². The Morgan fingerprint density at radius 2 is 1.86 bits per heavy atom. The Morgan fingerprint density at radius 1 is 1.36 bits per heavy atom. The first kappa shape index (κ1) is 12.9. The number of carbonyl (C=O) groups excluding carboxylic acids is 1. The number of carboxylic acid groups (broad SMARTS) is 1. The monoisotopic (exact) mass is 203 g/mol. The second-order valence-electron chi connectivity index (χ2n) is 4.04. The summed E-state index contributed by atoms with van der Waals surface area (Å²) in [7, 11) is 1.43. The van der Waals surface area contributed by atoms with Crippen LogP contribution in [0.1, 0.15) is 20.8 Å². The molecule has 82 valence electrons. The van der Waals surface area contributed by atoms with Gasteiger partial charge in [0, 0.05) is 7.05 Å². The predicted molar refractivity (Wildman–Crippen MR) is 51.0 cm³/mol. The molecule has 0 rings (SSSR count). The summed E-state index contributed by atoms with van der Waals surface area (Å²) in [6.45, 7) is 5.10. The third kappa shape index (κ3) is 6.42. The van der Waals surface area contributed by atoms with Gasteiger partial charge in [0.15, 0.2) is 0 Å². The standard InChI is InChI=1S/C9H17NO4/c1-9(2,3)14-6-7(11)10(4)5-8(12)13/h5-6H2,1-4H3,(H,12,13). The van der Waals surface area contributed by atoms with Crippen molar-refractivity contribution in [3.05, 3.63) is 0 Å². The summed E-state index contributed by atoms with van der Waals surface area (Å²) in [5.41, 5.74) is -0.389. The zero-order valence-electron chi connectivity index (χ0n) is 9.03. The fourth-order valence-electron chi connectivity index (χ4n) is 0.680. The second kappa shape index (κ2) is 4.95. The average molecular weight is 203 g/mol. The van der Waals surface area contributed by atoms with Crippen molar-refractivity contribution in [3.8, 4) is 0 Å². The van der Waals surface area contributed by atoms with Gasteiger partial charge in [-0.25, -0.2) is 0 Å². The summed E-state index contributed by atoms with van der Waals surface area (Å²) in [5, 5.41) is 8.43. The molecule has 0 aromatic rings. The Kier molecular flexibility index (Phi) is 4.56. The lowest BCUT2D eigenvalue weighted by Crippen LogP contribution is -2.36. The van der Waals surface area contributed by atoms with Gasteiger partial charge in [-0.15, -0.1) is 0 Å². The number of nitrogens with zero attached hydrogens (tertiary/aromatic N) is 1. The van der Waals surface area contributed by atoms with E-state index in [-0.39, 0.29) is 24.7 Å². The van der Waals surface area contributed by atoms with Crippen LogP contribution in [0.4, 0.5) is 0 Å². The molecule has 0 heterocycles. The Hall–Kier alpha value is -1.10. The third-order valence-electron chi connectivity index (χ3n) is 1.43. The molecule has 14 heavy (non-hydrogen) atoms. The highest BCUT2D eigenvalue weighted by atomic mass is 16.5. The van der Waals surface area contributed by atoms with Crippen LogP contribution in [0.5, 0.6) is 0 Å². The van der Waals surface area contributed by atoms with Crippen molar-refractivity contribution >= 4 is 11.9 Å². The van der Waals surface area contributed by atoms with E-state index in [9.17, 15) is 9.59 Å². The smallest absolute Gasteiger partial charge is 0.323 e. The number of likely N-dealkylation sites (N-methyl/N-ethyl adjacent to an activating group) is 1. The van der Waals surface area contributed by atoms with Gasteiger partial charge in [0.05, 0.1) is 5.60 Å². The van der Waals surface area contributed by atoms with Crippen LogP contribution < -0.4 is 0 Å². The first-order chi connectivity index (χ1) is 6.22. The topological polar surface area (TPSA) is 66.8 Å². The van der Waals surface area contributed by atoms with Crippen molar-refractivity contribution in [1.82, 2.24) is 4.90 Å². The lowest BCUT2D eigenvalue weighted by molar-refractivity contribution is -0.147. The zero-order chi connectivity index (χ0) is 11.4. The Labute approximate surface area is 83.6 Å². The molecular formula is C9H17NO4. The second-order valence-corrected chi connectivity index (χ2v) is 4.04. The van der Waals surface area contributed by atoms with E-state index in [1.807, 2.05) is 20.8 Å². The largest absolute Gasteiger partial charge is 0.480 e. The van der Waals surface area contributed by atoms with Crippen molar-refractivity contribution in [2.24, 2.45) is 0 Å². The van der Waals surface area contributed by atoms with Gasteiger partial charge >= 0.3 is 5.97 Å². The Bertz CT molecular complexity index is 219. The van der Waals surface area contributed by atoms with Crippen molar-refractivity contribution in [2.45, 2.75) is 26.4 Å². The summed E-state index contributed by atoms with van der Waals surface area (Å²) in [5.74, 6) is -1.36. The number of aliphatic carboxylic acids is 1. The average Bonchev–Trinajstić information content (AvgIpc) is 1.97. The number of hydrogen-bond donors (Lipinski definition) is 1. The number of carboxylic acids is 1. The molecule has 0 aromatic carbocycles. The number of rotatable bonds is 4. The fraction of sp³-hybridized carbons (Fsp3) is 0.778. The van der Waals surface area contributed by atoms with Crippen molar-refractivity contribution in [2.75, 3.05) is 20.2 Å². The van der Waals surface area contributed by atoms with Gasteiger partial charge in [0.2, 0.25) is 5.91 Å². The normalized spacial score (nSPS) is 11.1. The molecule has 0 aromatic heterocycles. The minimum atomic E-state index is -1.03. The lowest BCUT2D eigenvalue weighted by atomic mass is 10.2. The minimum absolute atomic E-state index is 0.0900. The SMILES string of the molecule is CN(CC(=O)O)C(=O)COC(C)(C)C. The van der Waals surface area contributed by atoms with Crippen molar-refractivity contribution < 1.29 is 19.4 Å². The first-order valence-corrected chi connectivity index (χ1v) is 4.32. The van der Waals surface area contributed by atoms with E-state index >= 15 is 0 Å². The van der Waals surface area contributed by atoms with Gasteiger partial charge in [-0.1, -0.05) is 0 Å². The quantitative estimate of drug-likeness (QED) is 0.715. The van der Waals surface area contributed by atoms with Gasteiger partial charge in [-0.2, -0.15) is 0 Å². The van der Waals surface area contributed by atoms with E-state index in [4.69, 9.17) is 9.84 Å². The van der Waals surface area contributed by atoms with Gasteiger partial charge in [0.1, 0.15) is 13.2 Å². The van der Waals surface area contributed by atoms with Crippen LogP contribution in [0.25, 0.3) is 0 Å². The fourth-order valence-corrected chi connectivity index (χ4v) is 0.680. The third-order valence-corrected chi connectivity index (χ3v) is 1.43. The number of amides is 1. The highest BCUT2D eigenvalue weighted by Crippen LogP contribution is 2.06. The van der Waals surface area contributed by atoms with E-state index < -0.39 is 5.97 Å². The van der Waals surface area contributed by atoms with Crippen LogP contribution in [0.3, 0.4) is 0 Å². The van der Waals surface area contributed by atoms with Gasteiger partial charge in [-0.05, 0) is 20.8 Å². The van der Waals surface area contributed by atoms with E-state index in [2.05, 4.69) is 0 Å². The van der Waals surface area contributed by atoms with Crippen LogP contribution in [-0.2, 0) is 14.3 Å². The summed E-state index contributed by atoms with van der Waals surface area (Å²) < 4.78 is 5.21. The highest BCUT2D eigenvalue weighted by molar-refractivity contribution is 5.81. The Balaban J connectivity index is 3.91. The first-order valence-electron chi connectivity index (χ1n) is 4.32. The van der Waals surface area contributed by atoms with Crippen LogP contribution in [0.15, 0.2) is 0 Å². The summed E-state index contributed by atoms with van der Waals surface area (Å²) >= 11 is 0. The van der Waals surface area contributed by atoms with Crippen LogP contribution in [0, 0.1) is 0 Å². The molecule has 0 unspecified atom stereocenters. The highest BCUT2D eigenvalue weighted by Gasteiger charge is 2.16. The predicted octanol–water partition coefficient (Wildman–Crippen LogP) is 0.345. The molecule has 1 amide bonds. The summed E-state index contributed by atoms with van der Waals surface area (Å²) in [4.78, 5) is 22.7. The molecule has 5 heteroatoms. The van der Waals surface area contributed by atoms with Crippen molar-refractivity contribution in [3.63, 3.8) is 0 Å². The molecule has 0 aliphatic heterocycles. The minimum Gasteiger partial charge on any atom is -0.480 e. The Morgan fingerprint density at radius 3 is 2.21 bits per heavy atom. The molecule has 5 nitrogen and oxygen atoms in total. The maximum atomic E-state index is 11.3. The molecule has 0 atom stereocenters. The van der Waals surface area contributed by atoms with Crippen LogP contribution >= 0.6 is 0 Å². The molecule has 0 saturated carbocycles. The van der Waals surface area contributed by atoms with Crippen LogP contribution in [-0.4, -0.2) is 47.7 Å². The summed E-state index contributed by atoms with van der Waals surface area (Å²) in [6, 6.07) is 0. The van der Waals surface area contributed by atoms with E-state index in [1.165, 1.54) is 7.05 Å². The van der Waals surface area contributed by atoms with E-state index in [0.717, 1.165) is 4.90 Å².